The molecule has 2 heterocycles. The van der Waals surface area contributed by atoms with Gasteiger partial charge in [-0.2, -0.15) is 0 Å². The summed E-state index contributed by atoms with van der Waals surface area (Å²) in [7, 11) is 0. The first kappa shape index (κ1) is 25.7. The average Bonchev–Trinajstić information content (AvgIpc) is 3.54. The minimum Gasteiger partial charge on any atom is -0.426 e. The molecule has 9 rings (SSSR count). The fourth-order valence-corrected chi connectivity index (χ4v) is 7.78. The van der Waals surface area contributed by atoms with E-state index in [-0.39, 0.29) is 48.3 Å². The second-order valence-corrected chi connectivity index (χ2v) is 11.9. The first-order valence-electron chi connectivity index (χ1n) is 14.7. The molecule has 2 bridgehead atoms. The van der Waals surface area contributed by atoms with Crippen molar-refractivity contribution < 1.29 is 23.9 Å². The number of rotatable bonds is 4. The van der Waals surface area contributed by atoms with Gasteiger partial charge in [-0.05, 0) is 52.9 Å². The zero-order valence-electron chi connectivity index (χ0n) is 23.5. The Balaban J connectivity index is 1.06. The Labute approximate surface area is 248 Å². The van der Waals surface area contributed by atoms with Gasteiger partial charge < -0.3 is 9.64 Å². The van der Waals surface area contributed by atoms with Crippen LogP contribution in [0.1, 0.15) is 46.1 Å². The number of carbonyl (C=O) groups excluding carboxylic acids is 4. The van der Waals surface area contributed by atoms with E-state index in [1.807, 2.05) is 55.5 Å². The molecule has 0 radical (unpaired) electrons. The third-order valence-electron chi connectivity index (χ3n) is 9.61. The molecule has 3 atom stereocenters. The minimum atomic E-state index is -0.624. The van der Waals surface area contributed by atoms with E-state index in [1.54, 1.807) is 29.2 Å². The molecule has 0 aromatic heterocycles. The van der Waals surface area contributed by atoms with Gasteiger partial charge >= 0.3 is 5.97 Å². The number of amides is 3. The Bertz CT molecular complexity index is 1750. The minimum absolute atomic E-state index is 0.0587. The lowest BCUT2D eigenvalue weighted by atomic mass is 9.55. The normalized spacial score (nSPS) is 25.0. The SMILES string of the molecule is Cc1ccccc1N1C[C@H](C(=O)Oc2cccc(N3C(=O)[C@@H]4C5c6ccccc6C(c6ccccc65)[C@H]4C3=O)c2)CC1=O. The van der Waals surface area contributed by atoms with Gasteiger partial charge in [-0.25, -0.2) is 4.90 Å². The van der Waals surface area contributed by atoms with Gasteiger partial charge in [0.15, 0.2) is 0 Å². The number of hydrogen-bond acceptors (Lipinski definition) is 5. The van der Waals surface area contributed by atoms with Gasteiger partial charge in [-0.15, -0.1) is 0 Å². The third-order valence-corrected chi connectivity index (χ3v) is 9.61. The lowest BCUT2D eigenvalue weighted by Crippen LogP contribution is -2.41. The lowest BCUT2D eigenvalue weighted by Gasteiger charge is -2.45. The topological polar surface area (TPSA) is 84.0 Å². The summed E-state index contributed by atoms with van der Waals surface area (Å²) in [6, 6.07) is 30.4. The number of carbonyl (C=O) groups is 4. The molecule has 7 nitrogen and oxygen atoms in total. The molecule has 0 spiro atoms. The van der Waals surface area contributed by atoms with Gasteiger partial charge in [0.1, 0.15) is 5.75 Å². The molecule has 5 aliphatic rings. The van der Waals surface area contributed by atoms with Crippen molar-refractivity contribution in [3.8, 4) is 5.75 Å². The molecule has 0 N–H and O–H groups in total. The van der Waals surface area contributed by atoms with Gasteiger partial charge in [0.05, 0.1) is 23.4 Å². The highest BCUT2D eigenvalue weighted by Crippen LogP contribution is 2.61. The van der Waals surface area contributed by atoms with E-state index < -0.39 is 23.7 Å². The van der Waals surface area contributed by atoms with E-state index in [0.717, 1.165) is 33.5 Å². The number of aryl methyl sites for hydroxylation is 1. The van der Waals surface area contributed by atoms with E-state index >= 15 is 0 Å². The van der Waals surface area contributed by atoms with Crippen molar-refractivity contribution in [2.24, 2.45) is 17.8 Å². The zero-order chi connectivity index (χ0) is 29.4. The molecule has 2 saturated heterocycles. The number of nitrogens with zero attached hydrogens (tertiary/aromatic N) is 2. The summed E-state index contributed by atoms with van der Waals surface area (Å²) < 4.78 is 5.74. The summed E-state index contributed by atoms with van der Waals surface area (Å²) in [5.74, 6) is -2.87. The maximum absolute atomic E-state index is 14.1. The zero-order valence-corrected chi connectivity index (χ0v) is 23.5. The number of para-hydroxylation sites is 1. The van der Waals surface area contributed by atoms with Crippen LogP contribution < -0.4 is 14.5 Å². The molecule has 0 saturated carbocycles. The fourth-order valence-electron chi connectivity index (χ4n) is 7.78. The highest BCUT2D eigenvalue weighted by molar-refractivity contribution is 6.23. The third kappa shape index (κ3) is 3.74. The second-order valence-electron chi connectivity index (χ2n) is 11.9. The monoisotopic (exact) mass is 568 g/mol. The van der Waals surface area contributed by atoms with Crippen molar-refractivity contribution in [1.82, 2.24) is 0 Å². The number of benzene rings is 4. The second kappa shape index (κ2) is 9.49. The maximum atomic E-state index is 14.1. The quantitative estimate of drug-likeness (QED) is 0.188. The first-order chi connectivity index (χ1) is 20.9. The first-order valence-corrected chi connectivity index (χ1v) is 14.7. The van der Waals surface area contributed by atoms with Crippen LogP contribution in [-0.2, 0) is 19.2 Å². The smallest absolute Gasteiger partial charge is 0.316 e. The molecule has 43 heavy (non-hydrogen) atoms. The molecule has 0 unspecified atom stereocenters. The van der Waals surface area contributed by atoms with Crippen LogP contribution in [0.15, 0.2) is 97.1 Å². The molecule has 4 aromatic carbocycles. The number of esters is 1. The predicted octanol–water partition coefficient (Wildman–Crippen LogP) is 5.35. The van der Waals surface area contributed by atoms with Crippen LogP contribution in [0, 0.1) is 24.7 Å². The van der Waals surface area contributed by atoms with Crippen LogP contribution in [0.5, 0.6) is 5.75 Å². The van der Waals surface area contributed by atoms with Crippen LogP contribution >= 0.6 is 0 Å². The molecule has 7 heteroatoms. The van der Waals surface area contributed by atoms with Crippen LogP contribution in [0.3, 0.4) is 0 Å². The molecule has 212 valence electrons. The van der Waals surface area contributed by atoms with Gasteiger partial charge in [0.25, 0.3) is 0 Å². The summed E-state index contributed by atoms with van der Waals surface area (Å²) in [6.45, 7) is 2.16. The molecule has 3 amide bonds. The molecule has 4 aromatic rings. The standard InChI is InChI=1S/C36H28N2O5/c1-20-9-2-7-16-28(20)37-19-21(17-29(37)39)36(42)43-23-11-8-10-22(18-23)38-34(40)32-30-24-12-3-4-13-25(24)31(33(32)35(38)41)27-15-6-5-14-26(27)30/h2-16,18,21,30-33H,17,19H2,1H3/t21-,30?,31?,32-,33-/m1/s1. The fraction of sp³-hybridized carbons (Fsp3) is 0.222. The molecule has 2 fully saturated rings. The van der Waals surface area contributed by atoms with Crippen molar-refractivity contribution in [2.45, 2.75) is 25.2 Å². The Hall–Kier alpha value is -5.04. The van der Waals surface area contributed by atoms with Crippen LogP contribution in [0.4, 0.5) is 11.4 Å². The summed E-state index contributed by atoms with van der Waals surface area (Å²) in [4.78, 5) is 57.1. The Morgan fingerprint density at radius 1 is 0.721 bits per heavy atom. The van der Waals surface area contributed by atoms with E-state index in [0.29, 0.717) is 5.69 Å². The molecular weight excluding hydrogens is 540 g/mol. The van der Waals surface area contributed by atoms with E-state index in [1.165, 1.54) is 4.90 Å². The summed E-state index contributed by atoms with van der Waals surface area (Å²) in [6.07, 6.45) is 0.0587. The molecular formula is C36H28N2O5. The molecule has 3 aliphatic carbocycles. The Kier molecular flexibility index (Phi) is 5.66. The van der Waals surface area contributed by atoms with E-state index in [4.69, 9.17) is 4.74 Å². The average molecular weight is 569 g/mol. The number of anilines is 2. The number of ether oxygens (including phenoxy) is 1. The van der Waals surface area contributed by atoms with E-state index in [2.05, 4.69) is 24.3 Å². The van der Waals surface area contributed by atoms with Gasteiger partial charge in [-0.3, -0.25) is 19.2 Å². The van der Waals surface area contributed by atoms with Crippen molar-refractivity contribution in [2.75, 3.05) is 16.3 Å². The van der Waals surface area contributed by atoms with Crippen molar-refractivity contribution in [1.29, 1.82) is 0 Å². The Morgan fingerprint density at radius 2 is 1.28 bits per heavy atom. The molecule has 2 aliphatic heterocycles. The van der Waals surface area contributed by atoms with Crippen molar-refractivity contribution in [3.63, 3.8) is 0 Å². The van der Waals surface area contributed by atoms with Crippen LogP contribution in [0.2, 0.25) is 0 Å². The van der Waals surface area contributed by atoms with Crippen LogP contribution in [0.25, 0.3) is 0 Å². The highest BCUT2D eigenvalue weighted by Gasteiger charge is 2.61. The summed E-state index contributed by atoms with van der Waals surface area (Å²) >= 11 is 0. The maximum Gasteiger partial charge on any atom is 0.316 e. The van der Waals surface area contributed by atoms with Crippen molar-refractivity contribution >= 4 is 35.1 Å². The number of hydrogen-bond donors (Lipinski definition) is 0. The lowest BCUT2D eigenvalue weighted by molar-refractivity contribution is -0.139. The largest absolute Gasteiger partial charge is 0.426 e. The summed E-state index contributed by atoms with van der Waals surface area (Å²) in [5, 5.41) is 0. The Morgan fingerprint density at radius 3 is 1.86 bits per heavy atom. The van der Waals surface area contributed by atoms with Gasteiger partial charge in [-0.1, -0.05) is 72.8 Å². The predicted molar refractivity (Wildman–Crippen MR) is 160 cm³/mol. The van der Waals surface area contributed by atoms with Gasteiger partial charge in [0.2, 0.25) is 17.7 Å². The highest BCUT2D eigenvalue weighted by atomic mass is 16.5. The summed E-state index contributed by atoms with van der Waals surface area (Å²) in [5.41, 5.74) is 6.58. The van der Waals surface area contributed by atoms with E-state index in [9.17, 15) is 19.2 Å². The van der Waals surface area contributed by atoms with Crippen LogP contribution in [-0.4, -0.2) is 30.2 Å². The van der Waals surface area contributed by atoms with Crippen molar-refractivity contribution in [3.05, 3.63) is 125 Å². The number of imide groups is 1. The van der Waals surface area contributed by atoms with Gasteiger partial charge in [0, 0.05) is 36.6 Å².